The van der Waals surface area contributed by atoms with Crippen molar-refractivity contribution in [3.05, 3.63) is 35.4 Å². The summed E-state index contributed by atoms with van der Waals surface area (Å²) in [5.41, 5.74) is -1.16. The van der Waals surface area contributed by atoms with Crippen LogP contribution in [0, 0.1) is 11.8 Å². The van der Waals surface area contributed by atoms with Crippen LogP contribution in [0.25, 0.3) is 0 Å². The Morgan fingerprint density at radius 3 is 1.48 bits per heavy atom. The fourth-order valence-corrected chi connectivity index (χ4v) is 4.79. The zero-order valence-corrected chi connectivity index (χ0v) is 31.0. The second-order valence-electron chi connectivity index (χ2n) is 16.1. The first kappa shape index (κ1) is 42.6. The number of ether oxygens (including phenoxy) is 4. The van der Waals surface area contributed by atoms with Crippen molar-refractivity contribution in [2.45, 2.75) is 143 Å². The first-order chi connectivity index (χ1) is 21.8. The second-order valence-corrected chi connectivity index (χ2v) is 16.1. The number of nitrogens with one attached hydrogen (secondary N) is 2. The van der Waals surface area contributed by atoms with Crippen molar-refractivity contribution in [1.82, 2.24) is 10.6 Å². The zero-order valence-electron chi connectivity index (χ0n) is 31.0. The minimum absolute atomic E-state index is 0.0960. The van der Waals surface area contributed by atoms with Gasteiger partial charge >= 0.3 is 24.1 Å². The highest BCUT2D eigenvalue weighted by molar-refractivity contribution is 5.89. The van der Waals surface area contributed by atoms with Crippen LogP contribution in [0.4, 0.5) is 9.59 Å². The van der Waals surface area contributed by atoms with Crippen LogP contribution >= 0.6 is 0 Å². The molecule has 0 spiro atoms. The average molecular weight is 681 g/mol. The smallest absolute Gasteiger partial charge is 0.408 e. The van der Waals surface area contributed by atoms with E-state index in [-0.39, 0.29) is 37.1 Å². The third-order valence-electron chi connectivity index (χ3n) is 6.80. The standard InChI is InChI=1S/C18H33NO5.C18H27NO5/c2*1-17(2,3)23-15(21)13-9-7-12(8-10-13)14(11-20)19-16(22)24-18(4,5)6/h12-14,20H,7-11H2,1-6H3,(H,19,22);7-10,14,20H,11H2,1-6H3,(H,19,22)/t12?,13?,14-;14-/m11/s1. The summed E-state index contributed by atoms with van der Waals surface area (Å²) in [6.45, 7) is 21.2. The minimum Gasteiger partial charge on any atom is -0.460 e. The zero-order chi connectivity index (χ0) is 37.1. The monoisotopic (exact) mass is 680 g/mol. The van der Waals surface area contributed by atoms with Crippen LogP contribution < -0.4 is 10.6 Å². The van der Waals surface area contributed by atoms with Gasteiger partial charge in [0.1, 0.15) is 22.4 Å². The Hall–Kier alpha value is -3.38. The molecule has 1 saturated carbocycles. The number of carbonyl (C=O) groups is 4. The van der Waals surface area contributed by atoms with Gasteiger partial charge in [0.2, 0.25) is 0 Å². The molecular weight excluding hydrogens is 620 g/mol. The Bertz CT molecular complexity index is 1180. The van der Waals surface area contributed by atoms with E-state index < -0.39 is 46.6 Å². The van der Waals surface area contributed by atoms with E-state index in [1.54, 1.807) is 86.6 Å². The Balaban J connectivity index is 0.000000480. The quantitative estimate of drug-likeness (QED) is 0.183. The summed E-state index contributed by atoms with van der Waals surface area (Å²) in [7, 11) is 0. The van der Waals surface area contributed by atoms with Crippen LogP contribution in [0.1, 0.15) is 131 Å². The number of benzene rings is 1. The van der Waals surface area contributed by atoms with Crippen LogP contribution in [0.3, 0.4) is 0 Å². The minimum atomic E-state index is -0.620. The van der Waals surface area contributed by atoms with Gasteiger partial charge in [0.25, 0.3) is 0 Å². The van der Waals surface area contributed by atoms with E-state index in [0.717, 1.165) is 12.8 Å². The van der Waals surface area contributed by atoms with Crippen molar-refractivity contribution in [2.75, 3.05) is 13.2 Å². The molecule has 2 rings (SSSR count). The molecule has 1 aliphatic carbocycles. The molecule has 0 aliphatic heterocycles. The summed E-state index contributed by atoms with van der Waals surface area (Å²) in [6, 6.07) is 5.56. The summed E-state index contributed by atoms with van der Waals surface area (Å²) in [5.74, 6) is -0.529. The Morgan fingerprint density at radius 2 is 1.08 bits per heavy atom. The van der Waals surface area contributed by atoms with Crippen LogP contribution in [0.15, 0.2) is 24.3 Å². The summed E-state index contributed by atoms with van der Waals surface area (Å²) >= 11 is 0. The lowest BCUT2D eigenvalue weighted by Gasteiger charge is -2.34. The Morgan fingerprint density at radius 1 is 0.646 bits per heavy atom. The van der Waals surface area contributed by atoms with Gasteiger partial charge in [-0.05, 0) is 132 Å². The van der Waals surface area contributed by atoms with E-state index in [1.165, 1.54) is 0 Å². The van der Waals surface area contributed by atoms with E-state index in [2.05, 4.69) is 10.6 Å². The molecule has 1 aromatic carbocycles. The van der Waals surface area contributed by atoms with Gasteiger partial charge in [-0.25, -0.2) is 14.4 Å². The molecule has 12 nitrogen and oxygen atoms in total. The molecule has 0 radical (unpaired) electrons. The molecule has 0 heterocycles. The van der Waals surface area contributed by atoms with Gasteiger partial charge in [-0.1, -0.05) is 12.1 Å². The predicted molar refractivity (Wildman–Crippen MR) is 182 cm³/mol. The van der Waals surface area contributed by atoms with Gasteiger partial charge in [-0.3, -0.25) is 4.79 Å². The highest BCUT2D eigenvalue weighted by Gasteiger charge is 2.34. The van der Waals surface area contributed by atoms with Crippen molar-refractivity contribution < 1.29 is 48.3 Å². The Labute approximate surface area is 286 Å². The molecule has 274 valence electrons. The third kappa shape index (κ3) is 17.7. The van der Waals surface area contributed by atoms with Crippen LogP contribution in [0.5, 0.6) is 0 Å². The van der Waals surface area contributed by atoms with Gasteiger partial charge in [0, 0.05) is 0 Å². The number of carbonyl (C=O) groups excluding carboxylic acids is 4. The predicted octanol–water partition coefficient (Wildman–Crippen LogP) is 6.22. The molecule has 0 unspecified atom stereocenters. The molecule has 0 aromatic heterocycles. The van der Waals surface area contributed by atoms with Crippen molar-refractivity contribution >= 4 is 24.1 Å². The van der Waals surface area contributed by atoms with E-state index >= 15 is 0 Å². The van der Waals surface area contributed by atoms with Gasteiger partial charge in [0.15, 0.2) is 0 Å². The Kier molecular flexibility index (Phi) is 15.9. The molecule has 1 aromatic rings. The highest BCUT2D eigenvalue weighted by Crippen LogP contribution is 2.32. The number of amides is 2. The summed E-state index contributed by atoms with van der Waals surface area (Å²) in [6.07, 6.45) is 1.84. The number of hydrogen-bond acceptors (Lipinski definition) is 10. The molecule has 48 heavy (non-hydrogen) atoms. The fraction of sp³-hybridized carbons (Fsp3) is 0.722. The normalized spacial score (nSPS) is 18.2. The summed E-state index contributed by atoms with van der Waals surface area (Å²) in [4.78, 5) is 47.8. The first-order valence-corrected chi connectivity index (χ1v) is 16.6. The maximum absolute atomic E-state index is 12.1. The number of aliphatic hydroxyl groups is 2. The lowest BCUT2D eigenvalue weighted by atomic mass is 9.78. The molecule has 0 saturated heterocycles. The average Bonchev–Trinajstić information content (AvgIpc) is 2.91. The molecule has 12 heteroatoms. The second kappa shape index (κ2) is 17.9. The fourth-order valence-electron chi connectivity index (χ4n) is 4.79. The van der Waals surface area contributed by atoms with Crippen LogP contribution in [-0.4, -0.2) is 76.0 Å². The van der Waals surface area contributed by atoms with Gasteiger partial charge in [0.05, 0.1) is 36.8 Å². The third-order valence-corrected chi connectivity index (χ3v) is 6.80. The van der Waals surface area contributed by atoms with Crippen molar-refractivity contribution in [2.24, 2.45) is 11.8 Å². The van der Waals surface area contributed by atoms with E-state index in [1.807, 2.05) is 20.8 Å². The lowest BCUT2D eigenvalue weighted by molar-refractivity contribution is -0.161. The van der Waals surface area contributed by atoms with Crippen molar-refractivity contribution in [1.29, 1.82) is 0 Å². The van der Waals surface area contributed by atoms with Gasteiger partial charge in [-0.2, -0.15) is 0 Å². The largest absolute Gasteiger partial charge is 0.460 e. The van der Waals surface area contributed by atoms with E-state index in [9.17, 15) is 29.4 Å². The van der Waals surface area contributed by atoms with Crippen LogP contribution in [0.2, 0.25) is 0 Å². The number of alkyl carbamates (subject to hydrolysis) is 2. The lowest BCUT2D eigenvalue weighted by Crippen LogP contribution is -2.46. The highest BCUT2D eigenvalue weighted by atomic mass is 16.6. The van der Waals surface area contributed by atoms with E-state index in [4.69, 9.17) is 18.9 Å². The number of aliphatic hydroxyl groups excluding tert-OH is 2. The number of rotatable bonds is 8. The maximum atomic E-state index is 12.1. The molecule has 2 amide bonds. The van der Waals surface area contributed by atoms with Gasteiger partial charge in [-0.15, -0.1) is 0 Å². The molecular formula is C36H60N2O10. The summed E-state index contributed by atoms with van der Waals surface area (Å²) in [5, 5.41) is 24.4. The maximum Gasteiger partial charge on any atom is 0.408 e. The van der Waals surface area contributed by atoms with Gasteiger partial charge < -0.3 is 39.8 Å². The summed E-state index contributed by atoms with van der Waals surface area (Å²) < 4.78 is 21.1. The topological polar surface area (TPSA) is 170 Å². The molecule has 2 atom stereocenters. The molecule has 0 bridgehead atoms. The van der Waals surface area contributed by atoms with Crippen LogP contribution in [-0.2, 0) is 23.7 Å². The molecule has 4 N–H and O–H groups in total. The number of hydrogen-bond donors (Lipinski definition) is 4. The van der Waals surface area contributed by atoms with Crippen molar-refractivity contribution in [3.63, 3.8) is 0 Å². The van der Waals surface area contributed by atoms with E-state index in [0.29, 0.717) is 24.0 Å². The molecule has 1 fully saturated rings. The SMILES string of the molecule is CC(C)(C)OC(=O)N[C@H](CO)C1CCC(C(=O)OC(C)(C)C)CC1.CC(C)(C)OC(=O)N[C@H](CO)c1ccc(C(=O)OC(C)(C)C)cc1. The number of esters is 2. The van der Waals surface area contributed by atoms with Crippen molar-refractivity contribution in [3.8, 4) is 0 Å². The first-order valence-electron chi connectivity index (χ1n) is 16.6. The molecule has 1 aliphatic rings.